The lowest BCUT2D eigenvalue weighted by atomic mass is 9.84. The van der Waals surface area contributed by atoms with Crippen molar-refractivity contribution in [3.63, 3.8) is 0 Å². The number of ketones is 1. The first-order valence-electron chi connectivity index (χ1n) is 10.9. The third-order valence-corrected chi connectivity index (χ3v) is 6.36. The van der Waals surface area contributed by atoms with Gasteiger partial charge in [-0.05, 0) is 59.9 Å². The fourth-order valence-electron chi connectivity index (χ4n) is 4.18. The van der Waals surface area contributed by atoms with Crippen LogP contribution >= 0.6 is 11.6 Å². The number of amides is 1. The van der Waals surface area contributed by atoms with Crippen LogP contribution in [0, 0.1) is 12.7 Å². The van der Waals surface area contributed by atoms with Gasteiger partial charge in [0.05, 0.1) is 11.6 Å². The Kier molecular flexibility index (Phi) is 6.09. The van der Waals surface area contributed by atoms with E-state index in [0.29, 0.717) is 16.3 Å². The monoisotopic (exact) mass is 477 g/mol. The van der Waals surface area contributed by atoms with Crippen molar-refractivity contribution in [2.24, 2.45) is 0 Å². The molecule has 4 rings (SSSR count). The van der Waals surface area contributed by atoms with Crippen LogP contribution in [0.25, 0.3) is 5.76 Å². The maximum atomic E-state index is 15.0. The molecule has 1 heterocycles. The van der Waals surface area contributed by atoms with Crippen LogP contribution in [0.1, 0.15) is 49.1 Å². The largest absolute Gasteiger partial charge is 0.507 e. The second-order valence-electron chi connectivity index (χ2n) is 9.45. The van der Waals surface area contributed by atoms with Gasteiger partial charge in [-0.25, -0.2) is 4.39 Å². The van der Waals surface area contributed by atoms with Crippen molar-refractivity contribution in [1.29, 1.82) is 0 Å². The maximum absolute atomic E-state index is 15.0. The minimum absolute atomic E-state index is 0.114. The van der Waals surface area contributed by atoms with Gasteiger partial charge in [-0.3, -0.25) is 14.5 Å². The zero-order valence-electron chi connectivity index (χ0n) is 19.4. The Morgan fingerprint density at radius 2 is 1.65 bits per heavy atom. The molecule has 3 aromatic rings. The predicted octanol–water partition coefficient (Wildman–Crippen LogP) is 6.71. The fraction of sp³-hybridized carbons (Fsp3) is 0.214. The third kappa shape index (κ3) is 4.12. The standard InChI is InChI=1S/C28H25ClFNO3/c1-16-9-10-17(28(2,3)4)15-21(16)25(32)23-24(20-7-5-6-8-22(20)30)31(27(34)26(23)33)19-13-11-18(29)12-14-19/h5-15,24,32H,1-4H3/b25-23+. The molecule has 4 nitrogen and oxygen atoms in total. The summed E-state index contributed by atoms with van der Waals surface area (Å²) >= 11 is 6.01. The van der Waals surface area contributed by atoms with Crippen molar-refractivity contribution in [3.8, 4) is 0 Å². The Hall–Kier alpha value is -3.44. The molecule has 174 valence electrons. The smallest absolute Gasteiger partial charge is 0.300 e. The molecule has 1 N–H and O–H groups in total. The molecule has 1 unspecified atom stereocenters. The predicted molar refractivity (Wildman–Crippen MR) is 133 cm³/mol. The number of carbonyl (C=O) groups excluding carboxylic acids is 2. The van der Waals surface area contributed by atoms with Crippen molar-refractivity contribution in [2.75, 3.05) is 4.90 Å². The van der Waals surface area contributed by atoms with E-state index in [9.17, 15) is 14.7 Å². The van der Waals surface area contributed by atoms with Crippen molar-refractivity contribution in [3.05, 3.63) is 105 Å². The van der Waals surface area contributed by atoms with Crippen molar-refractivity contribution in [2.45, 2.75) is 39.2 Å². The van der Waals surface area contributed by atoms with E-state index in [1.807, 2.05) is 45.9 Å². The zero-order valence-corrected chi connectivity index (χ0v) is 20.2. The number of benzene rings is 3. The zero-order chi connectivity index (χ0) is 24.8. The number of aliphatic hydroxyl groups is 1. The third-order valence-electron chi connectivity index (χ3n) is 6.11. The van der Waals surface area contributed by atoms with E-state index in [1.165, 1.54) is 23.1 Å². The molecule has 1 fully saturated rings. The lowest BCUT2D eigenvalue weighted by molar-refractivity contribution is -0.132. The topological polar surface area (TPSA) is 57.6 Å². The number of nitrogens with zero attached hydrogens (tertiary/aromatic N) is 1. The van der Waals surface area contributed by atoms with Gasteiger partial charge in [0.15, 0.2) is 0 Å². The number of hydrogen-bond acceptors (Lipinski definition) is 3. The van der Waals surface area contributed by atoms with Crippen LogP contribution in [0.15, 0.2) is 72.3 Å². The van der Waals surface area contributed by atoms with Gasteiger partial charge >= 0.3 is 0 Å². The van der Waals surface area contributed by atoms with Gasteiger partial charge in [-0.2, -0.15) is 0 Å². The summed E-state index contributed by atoms with van der Waals surface area (Å²) in [5.41, 5.74) is 2.25. The Morgan fingerprint density at radius 1 is 1.00 bits per heavy atom. The first-order valence-corrected chi connectivity index (χ1v) is 11.3. The lowest BCUT2D eigenvalue weighted by Crippen LogP contribution is -2.29. The van der Waals surface area contributed by atoms with E-state index in [0.717, 1.165) is 11.1 Å². The minimum atomic E-state index is -1.14. The molecular weight excluding hydrogens is 453 g/mol. The van der Waals surface area contributed by atoms with E-state index in [1.54, 1.807) is 30.3 Å². The highest BCUT2D eigenvalue weighted by Crippen LogP contribution is 2.43. The van der Waals surface area contributed by atoms with Crippen LogP contribution in [0.2, 0.25) is 5.02 Å². The summed E-state index contributed by atoms with van der Waals surface area (Å²) in [6, 6.07) is 16.8. The molecule has 1 aliphatic rings. The molecule has 1 aliphatic heterocycles. The average Bonchev–Trinajstić information content (AvgIpc) is 3.04. The van der Waals surface area contributed by atoms with Crippen LogP contribution in [0.3, 0.4) is 0 Å². The summed E-state index contributed by atoms with van der Waals surface area (Å²) in [6.45, 7) is 7.94. The molecular formula is C28H25ClFNO3. The number of rotatable bonds is 3. The molecule has 3 aromatic carbocycles. The quantitative estimate of drug-likeness (QED) is 0.259. The van der Waals surface area contributed by atoms with Gasteiger partial charge in [-0.1, -0.05) is 62.7 Å². The van der Waals surface area contributed by atoms with Gasteiger partial charge in [0.25, 0.3) is 11.7 Å². The normalized spacial score (nSPS) is 17.9. The Bertz CT molecular complexity index is 1320. The molecule has 0 aromatic heterocycles. The van der Waals surface area contributed by atoms with Crippen LogP contribution in [0.4, 0.5) is 10.1 Å². The number of halogens is 2. The Morgan fingerprint density at radius 3 is 2.26 bits per heavy atom. The van der Waals surface area contributed by atoms with Gasteiger partial charge < -0.3 is 5.11 Å². The number of aryl methyl sites for hydroxylation is 1. The van der Waals surface area contributed by atoms with E-state index in [4.69, 9.17) is 11.6 Å². The molecule has 34 heavy (non-hydrogen) atoms. The number of hydrogen-bond donors (Lipinski definition) is 1. The highest BCUT2D eigenvalue weighted by Gasteiger charge is 2.48. The maximum Gasteiger partial charge on any atom is 0.300 e. The van der Waals surface area contributed by atoms with Crippen molar-refractivity contribution < 1.29 is 19.1 Å². The van der Waals surface area contributed by atoms with E-state index in [-0.39, 0.29) is 22.3 Å². The van der Waals surface area contributed by atoms with Crippen molar-refractivity contribution >= 4 is 34.7 Å². The molecule has 0 bridgehead atoms. The van der Waals surface area contributed by atoms with Gasteiger partial charge in [0.1, 0.15) is 11.6 Å². The summed E-state index contributed by atoms with van der Waals surface area (Å²) in [5.74, 6) is -2.63. The second kappa shape index (κ2) is 8.73. The summed E-state index contributed by atoms with van der Waals surface area (Å²) in [6.07, 6.45) is 0. The van der Waals surface area contributed by atoms with Gasteiger partial charge in [0.2, 0.25) is 0 Å². The molecule has 1 atom stereocenters. The SMILES string of the molecule is Cc1ccc(C(C)(C)C)cc1/C(O)=C1\C(=O)C(=O)N(c2ccc(Cl)cc2)C1c1ccccc1F. The lowest BCUT2D eigenvalue weighted by Gasteiger charge is -2.26. The highest BCUT2D eigenvalue weighted by molar-refractivity contribution is 6.51. The highest BCUT2D eigenvalue weighted by atomic mass is 35.5. The molecule has 0 radical (unpaired) electrons. The van der Waals surface area contributed by atoms with Crippen LogP contribution in [0.5, 0.6) is 0 Å². The summed E-state index contributed by atoms with van der Waals surface area (Å²) in [5, 5.41) is 11.9. The molecule has 1 saturated heterocycles. The first-order chi connectivity index (χ1) is 16.0. The van der Waals surface area contributed by atoms with Gasteiger partial charge in [0, 0.05) is 21.8 Å². The average molecular weight is 478 g/mol. The van der Waals surface area contributed by atoms with Crippen LogP contribution in [-0.4, -0.2) is 16.8 Å². The van der Waals surface area contributed by atoms with E-state index in [2.05, 4.69) is 0 Å². The molecule has 0 saturated carbocycles. The number of carbonyl (C=O) groups is 2. The van der Waals surface area contributed by atoms with Crippen molar-refractivity contribution in [1.82, 2.24) is 0 Å². The summed E-state index contributed by atoms with van der Waals surface area (Å²) < 4.78 is 15.0. The molecule has 1 amide bonds. The first kappa shape index (κ1) is 23.7. The van der Waals surface area contributed by atoms with Crippen LogP contribution in [-0.2, 0) is 15.0 Å². The summed E-state index contributed by atoms with van der Waals surface area (Å²) in [4.78, 5) is 27.7. The molecule has 0 spiro atoms. The fourth-order valence-corrected chi connectivity index (χ4v) is 4.31. The number of Topliss-reactive ketones (excluding diaryl/α,β-unsaturated/α-hetero) is 1. The molecule has 0 aliphatic carbocycles. The van der Waals surface area contributed by atoms with Gasteiger partial charge in [-0.15, -0.1) is 0 Å². The van der Waals surface area contributed by atoms with E-state index < -0.39 is 23.5 Å². The molecule has 6 heteroatoms. The Labute approximate surface area is 203 Å². The number of anilines is 1. The Balaban J connectivity index is 2.00. The van der Waals surface area contributed by atoms with Crippen LogP contribution < -0.4 is 4.90 Å². The minimum Gasteiger partial charge on any atom is -0.507 e. The second-order valence-corrected chi connectivity index (χ2v) is 9.88. The summed E-state index contributed by atoms with van der Waals surface area (Å²) in [7, 11) is 0. The number of aliphatic hydroxyl groups excluding tert-OH is 1. The van der Waals surface area contributed by atoms with E-state index >= 15 is 4.39 Å².